The highest BCUT2D eigenvalue weighted by atomic mass is 32.2. The van der Waals surface area contributed by atoms with Crippen LogP contribution in [0.3, 0.4) is 0 Å². The van der Waals surface area contributed by atoms with Gasteiger partial charge in [0.25, 0.3) is 0 Å². The predicted molar refractivity (Wildman–Crippen MR) is 64.8 cm³/mol. The number of hydrogen-bond acceptors (Lipinski definition) is 4. The Labute approximate surface area is 97.7 Å². The molecule has 1 unspecified atom stereocenters. The lowest BCUT2D eigenvalue weighted by Gasteiger charge is -2.20. The summed E-state index contributed by atoms with van der Waals surface area (Å²) in [6.45, 7) is 7.22. The number of amides is 1. The van der Waals surface area contributed by atoms with E-state index in [-0.39, 0.29) is 5.75 Å². The summed E-state index contributed by atoms with van der Waals surface area (Å²) in [5, 5.41) is 2.61. The maximum absolute atomic E-state index is 11.6. The van der Waals surface area contributed by atoms with Crippen molar-refractivity contribution in [3.63, 3.8) is 0 Å². The summed E-state index contributed by atoms with van der Waals surface area (Å²) in [5.74, 6) is -1.10. The van der Waals surface area contributed by atoms with Crippen molar-refractivity contribution in [3.05, 3.63) is 0 Å². The van der Waals surface area contributed by atoms with E-state index in [0.717, 1.165) is 0 Å². The van der Waals surface area contributed by atoms with E-state index in [1.165, 1.54) is 0 Å². The standard InChI is InChI=1S/C10H22N2O3S/c1-5-8(11)6-16(14,15)7-9(13)12-10(2,3)4/h8H,5-7,11H2,1-4H3,(H,12,13). The molecular formula is C10H22N2O3S. The lowest BCUT2D eigenvalue weighted by atomic mass is 10.1. The minimum absolute atomic E-state index is 0.138. The molecule has 0 heterocycles. The number of nitrogens with one attached hydrogen (secondary N) is 1. The van der Waals surface area contributed by atoms with Crippen molar-refractivity contribution < 1.29 is 13.2 Å². The molecule has 0 spiro atoms. The maximum atomic E-state index is 11.6. The van der Waals surface area contributed by atoms with Crippen LogP contribution in [0.5, 0.6) is 0 Å². The van der Waals surface area contributed by atoms with Crippen LogP contribution in [0, 0.1) is 0 Å². The summed E-state index contributed by atoms with van der Waals surface area (Å²) >= 11 is 0. The normalized spacial score (nSPS) is 14.6. The third kappa shape index (κ3) is 7.64. The number of hydrogen-bond donors (Lipinski definition) is 2. The van der Waals surface area contributed by atoms with E-state index in [0.29, 0.717) is 6.42 Å². The van der Waals surface area contributed by atoms with Crippen LogP contribution >= 0.6 is 0 Å². The van der Waals surface area contributed by atoms with Crippen LogP contribution in [0.2, 0.25) is 0 Å². The summed E-state index contributed by atoms with van der Waals surface area (Å²) in [4.78, 5) is 11.4. The molecule has 0 aliphatic heterocycles. The number of nitrogens with two attached hydrogens (primary N) is 1. The van der Waals surface area contributed by atoms with Gasteiger partial charge >= 0.3 is 0 Å². The molecule has 0 aromatic heterocycles. The monoisotopic (exact) mass is 250 g/mol. The fourth-order valence-corrected chi connectivity index (χ4v) is 2.63. The van der Waals surface area contributed by atoms with Gasteiger partial charge < -0.3 is 11.1 Å². The van der Waals surface area contributed by atoms with E-state index in [9.17, 15) is 13.2 Å². The number of rotatable bonds is 5. The fourth-order valence-electron chi connectivity index (χ4n) is 1.16. The Morgan fingerprint density at radius 1 is 1.38 bits per heavy atom. The zero-order valence-corrected chi connectivity index (χ0v) is 11.2. The highest BCUT2D eigenvalue weighted by Crippen LogP contribution is 2.01. The largest absolute Gasteiger partial charge is 0.351 e. The molecule has 16 heavy (non-hydrogen) atoms. The molecule has 0 saturated carbocycles. The fraction of sp³-hybridized carbons (Fsp3) is 0.900. The van der Waals surface area contributed by atoms with E-state index in [1.807, 2.05) is 6.92 Å². The molecule has 0 bridgehead atoms. The molecule has 0 radical (unpaired) electrons. The molecule has 0 aliphatic rings. The molecule has 1 amide bonds. The van der Waals surface area contributed by atoms with E-state index in [4.69, 9.17) is 5.73 Å². The Balaban J connectivity index is 4.33. The lowest BCUT2D eigenvalue weighted by Crippen LogP contribution is -2.44. The van der Waals surface area contributed by atoms with Crippen LogP contribution in [0.15, 0.2) is 0 Å². The molecule has 0 fully saturated rings. The molecule has 1 atom stereocenters. The van der Waals surface area contributed by atoms with Crippen molar-refractivity contribution in [1.82, 2.24) is 5.32 Å². The SMILES string of the molecule is CCC(N)CS(=O)(=O)CC(=O)NC(C)(C)C. The summed E-state index contributed by atoms with van der Waals surface area (Å²) in [5.41, 5.74) is 5.13. The van der Waals surface area contributed by atoms with Crippen LogP contribution in [-0.4, -0.2) is 37.4 Å². The van der Waals surface area contributed by atoms with Crippen molar-refractivity contribution in [2.24, 2.45) is 5.73 Å². The first kappa shape index (κ1) is 15.4. The molecule has 0 aromatic carbocycles. The van der Waals surface area contributed by atoms with Crippen LogP contribution in [0.1, 0.15) is 34.1 Å². The second kappa shape index (κ2) is 5.63. The van der Waals surface area contributed by atoms with Gasteiger partial charge in [0.05, 0.1) is 5.75 Å². The van der Waals surface area contributed by atoms with Gasteiger partial charge in [-0.15, -0.1) is 0 Å². The van der Waals surface area contributed by atoms with Crippen LogP contribution < -0.4 is 11.1 Å². The van der Waals surface area contributed by atoms with Crippen molar-refractivity contribution in [3.8, 4) is 0 Å². The number of carbonyl (C=O) groups is 1. The number of carbonyl (C=O) groups excluding carboxylic acids is 1. The highest BCUT2D eigenvalue weighted by Gasteiger charge is 2.22. The second-order valence-electron chi connectivity index (χ2n) is 5.02. The highest BCUT2D eigenvalue weighted by molar-refractivity contribution is 7.92. The first-order valence-corrected chi connectivity index (χ1v) is 7.15. The van der Waals surface area contributed by atoms with Crippen molar-refractivity contribution >= 4 is 15.7 Å². The lowest BCUT2D eigenvalue weighted by molar-refractivity contribution is -0.120. The van der Waals surface area contributed by atoms with Gasteiger partial charge in [-0.2, -0.15) is 0 Å². The maximum Gasteiger partial charge on any atom is 0.235 e. The molecule has 96 valence electrons. The third-order valence-corrected chi connectivity index (χ3v) is 3.50. The number of sulfone groups is 1. The molecule has 0 rings (SSSR count). The van der Waals surface area contributed by atoms with Gasteiger partial charge in [-0.3, -0.25) is 4.79 Å². The molecule has 0 saturated heterocycles. The summed E-state index contributed by atoms with van der Waals surface area (Å²) < 4.78 is 23.1. The molecule has 5 nitrogen and oxygen atoms in total. The van der Waals surface area contributed by atoms with Gasteiger partial charge in [-0.25, -0.2) is 8.42 Å². The molecule has 3 N–H and O–H groups in total. The quantitative estimate of drug-likeness (QED) is 0.721. The van der Waals surface area contributed by atoms with E-state index in [1.54, 1.807) is 20.8 Å². The Bertz CT molecular complexity index is 330. The molecule has 6 heteroatoms. The summed E-state index contributed by atoms with van der Waals surface area (Å²) in [6.07, 6.45) is 0.583. The van der Waals surface area contributed by atoms with Crippen molar-refractivity contribution in [1.29, 1.82) is 0 Å². The van der Waals surface area contributed by atoms with Crippen molar-refractivity contribution in [2.45, 2.75) is 45.7 Å². The summed E-state index contributed by atoms with van der Waals surface area (Å²) in [6, 6.07) is -0.396. The van der Waals surface area contributed by atoms with E-state index in [2.05, 4.69) is 5.32 Å². The zero-order valence-electron chi connectivity index (χ0n) is 10.4. The van der Waals surface area contributed by atoms with Gasteiger partial charge in [0.2, 0.25) is 5.91 Å². The van der Waals surface area contributed by atoms with Crippen LogP contribution in [0.4, 0.5) is 0 Å². The second-order valence-corrected chi connectivity index (χ2v) is 7.13. The van der Waals surface area contributed by atoms with Gasteiger partial charge in [0, 0.05) is 11.6 Å². The van der Waals surface area contributed by atoms with E-state index >= 15 is 0 Å². The van der Waals surface area contributed by atoms with Gasteiger partial charge in [0.1, 0.15) is 5.75 Å². The Hall–Kier alpha value is -0.620. The van der Waals surface area contributed by atoms with Crippen LogP contribution in [0.25, 0.3) is 0 Å². The first-order valence-electron chi connectivity index (χ1n) is 5.33. The smallest absolute Gasteiger partial charge is 0.235 e. The van der Waals surface area contributed by atoms with Crippen molar-refractivity contribution in [2.75, 3.05) is 11.5 Å². The van der Waals surface area contributed by atoms with Gasteiger partial charge in [-0.1, -0.05) is 6.92 Å². The van der Waals surface area contributed by atoms with Gasteiger partial charge in [-0.05, 0) is 27.2 Å². The molecular weight excluding hydrogens is 228 g/mol. The minimum Gasteiger partial charge on any atom is -0.351 e. The summed E-state index contributed by atoms with van der Waals surface area (Å²) in [7, 11) is -3.40. The average molecular weight is 250 g/mol. The predicted octanol–water partition coefficient (Wildman–Crippen LogP) is 0.0532. The molecule has 0 aromatic rings. The average Bonchev–Trinajstić information content (AvgIpc) is 1.97. The topological polar surface area (TPSA) is 89.3 Å². The Morgan fingerprint density at radius 2 is 1.88 bits per heavy atom. The van der Waals surface area contributed by atoms with Crippen LogP contribution in [-0.2, 0) is 14.6 Å². The van der Waals surface area contributed by atoms with Gasteiger partial charge in [0.15, 0.2) is 9.84 Å². The third-order valence-electron chi connectivity index (χ3n) is 1.86. The first-order chi connectivity index (χ1) is 7.06. The molecule has 0 aliphatic carbocycles. The zero-order chi connectivity index (χ0) is 13.0. The van der Waals surface area contributed by atoms with E-state index < -0.39 is 33.1 Å². The Morgan fingerprint density at radius 3 is 2.25 bits per heavy atom. The Kier molecular flexibility index (Phi) is 5.41. The minimum atomic E-state index is -3.40.